The standard InChI is InChI=1S/C12H13F3O3/c1-6(12(17)18-2)3-11(16)7-4-9(14)10(15)5-8(7)13/h4-6,11,16H,3H2,1-2H3. The second-order valence-electron chi connectivity index (χ2n) is 3.96. The van der Waals surface area contributed by atoms with Crippen LogP contribution in [0.4, 0.5) is 13.2 Å². The number of methoxy groups -OCH3 is 1. The van der Waals surface area contributed by atoms with Crippen LogP contribution in [0.15, 0.2) is 12.1 Å². The molecular weight excluding hydrogens is 249 g/mol. The van der Waals surface area contributed by atoms with E-state index in [0.29, 0.717) is 12.1 Å². The Morgan fingerprint density at radius 3 is 2.39 bits per heavy atom. The molecule has 18 heavy (non-hydrogen) atoms. The number of aliphatic hydroxyl groups is 1. The number of carbonyl (C=O) groups is 1. The van der Waals surface area contributed by atoms with Crippen LogP contribution in [0.5, 0.6) is 0 Å². The molecule has 1 N–H and O–H groups in total. The molecule has 0 aliphatic rings. The lowest BCUT2D eigenvalue weighted by Gasteiger charge is -2.15. The first kappa shape index (κ1) is 14.5. The fourth-order valence-electron chi connectivity index (χ4n) is 1.55. The Labute approximate surface area is 102 Å². The Balaban J connectivity index is 2.87. The molecule has 0 bridgehead atoms. The van der Waals surface area contributed by atoms with Gasteiger partial charge in [-0.3, -0.25) is 4.79 Å². The molecule has 6 heteroatoms. The summed E-state index contributed by atoms with van der Waals surface area (Å²) < 4.78 is 43.4. The van der Waals surface area contributed by atoms with Gasteiger partial charge in [0.15, 0.2) is 11.6 Å². The van der Waals surface area contributed by atoms with Gasteiger partial charge >= 0.3 is 5.97 Å². The highest BCUT2D eigenvalue weighted by Crippen LogP contribution is 2.26. The number of aliphatic hydroxyl groups excluding tert-OH is 1. The molecule has 0 saturated heterocycles. The number of carbonyl (C=O) groups excluding carboxylic acids is 1. The van der Waals surface area contributed by atoms with Crippen molar-refractivity contribution in [3.05, 3.63) is 35.1 Å². The summed E-state index contributed by atoms with van der Waals surface area (Å²) in [6.45, 7) is 1.48. The molecule has 3 nitrogen and oxygen atoms in total. The predicted molar refractivity (Wildman–Crippen MR) is 57.1 cm³/mol. The fraction of sp³-hybridized carbons (Fsp3) is 0.417. The smallest absolute Gasteiger partial charge is 0.308 e. The average Bonchev–Trinajstić information content (AvgIpc) is 2.32. The second kappa shape index (κ2) is 5.86. The van der Waals surface area contributed by atoms with Gasteiger partial charge in [0.25, 0.3) is 0 Å². The van der Waals surface area contributed by atoms with Crippen molar-refractivity contribution in [2.24, 2.45) is 5.92 Å². The van der Waals surface area contributed by atoms with Crippen molar-refractivity contribution in [1.29, 1.82) is 0 Å². The van der Waals surface area contributed by atoms with Gasteiger partial charge in [0.05, 0.1) is 19.1 Å². The summed E-state index contributed by atoms with van der Waals surface area (Å²) in [5, 5.41) is 9.69. The third kappa shape index (κ3) is 3.22. The number of esters is 1. The van der Waals surface area contributed by atoms with Crippen molar-refractivity contribution in [3.63, 3.8) is 0 Å². The number of rotatable bonds is 4. The lowest BCUT2D eigenvalue weighted by Crippen LogP contribution is -2.16. The van der Waals surface area contributed by atoms with Crippen molar-refractivity contribution in [2.75, 3.05) is 7.11 Å². The fourth-order valence-corrected chi connectivity index (χ4v) is 1.55. The van der Waals surface area contributed by atoms with Crippen molar-refractivity contribution < 1.29 is 27.8 Å². The van der Waals surface area contributed by atoms with E-state index in [4.69, 9.17) is 0 Å². The summed E-state index contributed by atoms with van der Waals surface area (Å²) in [6, 6.07) is 0.941. The van der Waals surface area contributed by atoms with Crippen LogP contribution in [0.25, 0.3) is 0 Å². The van der Waals surface area contributed by atoms with E-state index in [9.17, 15) is 23.1 Å². The number of benzene rings is 1. The molecule has 1 aromatic rings. The molecule has 100 valence electrons. The molecule has 0 fully saturated rings. The highest BCUT2D eigenvalue weighted by Gasteiger charge is 2.22. The van der Waals surface area contributed by atoms with Crippen molar-refractivity contribution in [1.82, 2.24) is 0 Å². The molecule has 2 unspecified atom stereocenters. The molecule has 2 atom stereocenters. The molecule has 0 radical (unpaired) electrons. The van der Waals surface area contributed by atoms with Gasteiger partial charge in [0, 0.05) is 11.6 Å². The Kier molecular flexibility index (Phi) is 4.72. The molecule has 0 saturated carbocycles. The first-order chi connectivity index (χ1) is 8.36. The summed E-state index contributed by atoms with van der Waals surface area (Å²) in [6.07, 6.45) is -1.55. The normalized spacial score (nSPS) is 14.1. The summed E-state index contributed by atoms with van der Waals surface area (Å²) in [5.74, 6) is -4.89. The minimum atomic E-state index is -1.41. The van der Waals surface area contributed by atoms with E-state index in [0.717, 1.165) is 0 Å². The second-order valence-corrected chi connectivity index (χ2v) is 3.96. The molecule has 0 amide bonds. The minimum Gasteiger partial charge on any atom is -0.469 e. The molecule has 0 aliphatic carbocycles. The third-order valence-electron chi connectivity index (χ3n) is 2.58. The van der Waals surface area contributed by atoms with Gasteiger partial charge in [-0.2, -0.15) is 0 Å². The monoisotopic (exact) mass is 262 g/mol. The van der Waals surface area contributed by atoms with E-state index >= 15 is 0 Å². The molecular formula is C12H13F3O3. The largest absolute Gasteiger partial charge is 0.469 e. The van der Waals surface area contributed by atoms with Crippen LogP contribution in [0.3, 0.4) is 0 Å². The minimum absolute atomic E-state index is 0.144. The predicted octanol–water partition coefficient (Wildman–Crippen LogP) is 2.34. The maximum absolute atomic E-state index is 13.3. The summed E-state index contributed by atoms with van der Waals surface area (Å²) >= 11 is 0. The van der Waals surface area contributed by atoms with E-state index in [1.807, 2.05) is 0 Å². The highest BCUT2D eigenvalue weighted by atomic mass is 19.2. The third-order valence-corrected chi connectivity index (χ3v) is 2.58. The lowest BCUT2D eigenvalue weighted by atomic mass is 9.98. The van der Waals surface area contributed by atoms with Crippen LogP contribution in [-0.4, -0.2) is 18.2 Å². The van der Waals surface area contributed by atoms with E-state index < -0.39 is 35.4 Å². The number of hydrogen-bond donors (Lipinski definition) is 1. The number of hydrogen-bond acceptors (Lipinski definition) is 3. The van der Waals surface area contributed by atoms with Crippen LogP contribution in [-0.2, 0) is 9.53 Å². The van der Waals surface area contributed by atoms with Gasteiger partial charge in [-0.05, 0) is 12.5 Å². The summed E-state index contributed by atoms with van der Waals surface area (Å²) in [7, 11) is 1.18. The average molecular weight is 262 g/mol. The lowest BCUT2D eigenvalue weighted by molar-refractivity contribution is -0.145. The van der Waals surface area contributed by atoms with Crippen molar-refractivity contribution >= 4 is 5.97 Å². The SMILES string of the molecule is COC(=O)C(C)CC(O)c1cc(F)c(F)cc1F. The van der Waals surface area contributed by atoms with Gasteiger partial charge in [0.1, 0.15) is 5.82 Å². The van der Waals surface area contributed by atoms with Gasteiger partial charge in [0.2, 0.25) is 0 Å². The molecule has 0 spiro atoms. The topological polar surface area (TPSA) is 46.5 Å². The first-order valence-electron chi connectivity index (χ1n) is 5.27. The Hall–Kier alpha value is -1.56. The molecule has 0 aromatic heterocycles. The maximum atomic E-state index is 13.3. The van der Waals surface area contributed by atoms with Gasteiger partial charge in [-0.25, -0.2) is 13.2 Å². The zero-order valence-corrected chi connectivity index (χ0v) is 9.91. The maximum Gasteiger partial charge on any atom is 0.308 e. The van der Waals surface area contributed by atoms with E-state index in [-0.39, 0.29) is 12.0 Å². The summed E-state index contributed by atoms with van der Waals surface area (Å²) in [4.78, 5) is 11.1. The zero-order valence-electron chi connectivity index (χ0n) is 9.91. The zero-order chi connectivity index (χ0) is 13.9. The molecule has 1 aromatic carbocycles. The van der Waals surface area contributed by atoms with E-state index in [2.05, 4.69) is 4.74 Å². The Morgan fingerprint density at radius 1 is 1.28 bits per heavy atom. The molecule has 0 aliphatic heterocycles. The van der Waals surface area contributed by atoms with Gasteiger partial charge in [-0.15, -0.1) is 0 Å². The van der Waals surface area contributed by atoms with Crippen molar-refractivity contribution in [3.8, 4) is 0 Å². The van der Waals surface area contributed by atoms with Crippen LogP contribution >= 0.6 is 0 Å². The highest BCUT2D eigenvalue weighted by molar-refractivity contribution is 5.71. The molecule has 0 heterocycles. The van der Waals surface area contributed by atoms with Crippen LogP contribution in [0, 0.1) is 23.4 Å². The Morgan fingerprint density at radius 2 is 1.83 bits per heavy atom. The molecule has 1 rings (SSSR count). The first-order valence-corrected chi connectivity index (χ1v) is 5.27. The Bertz CT molecular complexity index is 448. The number of halogens is 3. The van der Waals surface area contributed by atoms with Crippen LogP contribution in [0.1, 0.15) is 25.0 Å². The number of ether oxygens (including phenoxy) is 1. The van der Waals surface area contributed by atoms with Crippen LogP contribution < -0.4 is 0 Å². The van der Waals surface area contributed by atoms with Gasteiger partial charge < -0.3 is 9.84 Å². The van der Waals surface area contributed by atoms with Gasteiger partial charge in [-0.1, -0.05) is 6.92 Å². The van der Waals surface area contributed by atoms with Crippen LogP contribution in [0.2, 0.25) is 0 Å². The van der Waals surface area contributed by atoms with E-state index in [1.54, 1.807) is 0 Å². The quantitative estimate of drug-likeness (QED) is 0.669. The van der Waals surface area contributed by atoms with E-state index in [1.165, 1.54) is 14.0 Å². The summed E-state index contributed by atoms with van der Waals surface area (Å²) in [5.41, 5.74) is -0.385. The van der Waals surface area contributed by atoms with Crippen molar-refractivity contribution in [2.45, 2.75) is 19.4 Å².